The van der Waals surface area contributed by atoms with E-state index in [0.717, 1.165) is 38.8 Å². The van der Waals surface area contributed by atoms with E-state index in [2.05, 4.69) is 29.8 Å². The zero-order valence-corrected chi connectivity index (χ0v) is 18.4. The van der Waals surface area contributed by atoms with Crippen LogP contribution in [-0.2, 0) is 10.0 Å². The second kappa shape index (κ2) is 8.40. The van der Waals surface area contributed by atoms with Gasteiger partial charge >= 0.3 is 0 Å². The molecule has 2 saturated heterocycles. The molecule has 30 heavy (non-hydrogen) atoms. The van der Waals surface area contributed by atoms with Gasteiger partial charge in [-0.15, -0.1) is 0 Å². The van der Waals surface area contributed by atoms with Crippen LogP contribution in [0.5, 0.6) is 0 Å². The monoisotopic (exact) mass is 428 g/mol. The molecule has 0 radical (unpaired) electrons. The zero-order chi connectivity index (χ0) is 21.3. The number of hydrogen-bond donors (Lipinski definition) is 0. The first kappa shape index (κ1) is 20.9. The van der Waals surface area contributed by atoms with Crippen LogP contribution in [0.1, 0.15) is 45.2 Å². The topological polar surface area (TPSA) is 90.4 Å². The largest absolute Gasteiger partial charge is 0.419 e. The highest BCUT2D eigenvalue weighted by molar-refractivity contribution is 7.89. The standard InChI is InChI=1S/C22H28N4O3S/c1-16-12-17(2)15-25(14-16)22-20(13-23)24-21(29-22)18-6-8-19(9-7-18)30(27,28)26-10-4-3-5-11-26/h6-9,16-17H,3-5,10-12,14-15H2,1-2H3/t16-,17-/m0/s1. The van der Waals surface area contributed by atoms with E-state index in [1.807, 2.05) is 0 Å². The Kier molecular flexibility index (Phi) is 5.85. The smallest absolute Gasteiger partial charge is 0.243 e. The highest BCUT2D eigenvalue weighted by Gasteiger charge is 2.29. The first-order valence-electron chi connectivity index (χ1n) is 10.6. The predicted molar refractivity (Wildman–Crippen MR) is 114 cm³/mol. The van der Waals surface area contributed by atoms with E-state index < -0.39 is 10.0 Å². The summed E-state index contributed by atoms with van der Waals surface area (Å²) in [7, 11) is -3.48. The van der Waals surface area contributed by atoms with Crippen LogP contribution in [0.2, 0.25) is 0 Å². The maximum atomic E-state index is 12.8. The molecular weight excluding hydrogens is 400 g/mol. The average Bonchev–Trinajstić information content (AvgIpc) is 3.18. The van der Waals surface area contributed by atoms with Crippen molar-refractivity contribution in [1.29, 1.82) is 5.26 Å². The van der Waals surface area contributed by atoms with E-state index in [9.17, 15) is 13.7 Å². The molecule has 2 aliphatic heterocycles. The van der Waals surface area contributed by atoms with Crippen LogP contribution in [0.15, 0.2) is 33.6 Å². The molecule has 0 amide bonds. The van der Waals surface area contributed by atoms with E-state index >= 15 is 0 Å². The number of anilines is 1. The number of oxazole rings is 1. The molecule has 2 aliphatic rings. The molecule has 0 unspecified atom stereocenters. The number of rotatable bonds is 4. The summed E-state index contributed by atoms with van der Waals surface area (Å²) in [5, 5.41) is 9.55. The van der Waals surface area contributed by atoms with Crippen LogP contribution in [0.3, 0.4) is 0 Å². The SMILES string of the molecule is C[C@H]1C[C@H](C)CN(c2oc(-c3ccc(S(=O)(=O)N4CCCCC4)cc3)nc2C#N)C1. The van der Waals surface area contributed by atoms with Gasteiger partial charge in [0.2, 0.25) is 27.5 Å². The highest BCUT2D eigenvalue weighted by Crippen LogP contribution is 2.33. The highest BCUT2D eigenvalue weighted by atomic mass is 32.2. The van der Waals surface area contributed by atoms with Crippen molar-refractivity contribution in [3.63, 3.8) is 0 Å². The van der Waals surface area contributed by atoms with Gasteiger partial charge in [0, 0.05) is 31.7 Å². The number of nitriles is 1. The third kappa shape index (κ3) is 4.09. The third-order valence-corrected chi connectivity index (χ3v) is 7.84. The number of aromatic nitrogens is 1. The molecule has 0 spiro atoms. The normalized spacial score (nSPS) is 23.3. The van der Waals surface area contributed by atoms with Crippen molar-refractivity contribution in [2.24, 2.45) is 11.8 Å². The van der Waals surface area contributed by atoms with E-state index in [4.69, 9.17) is 4.42 Å². The molecule has 8 heteroatoms. The summed E-state index contributed by atoms with van der Waals surface area (Å²) < 4.78 is 33.2. The Morgan fingerprint density at radius 1 is 1.07 bits per heavy atom. The molecule has 0 N–H and O–H groups in total. The summed E-state index contributed by atoms with van der Waals surface area (Å²) in [5.74, 6) is 1.89. The summed E-state index contributed by atoms with van der Waals surface area (Å²) >= 11 is 0. The van der Waals surface area contributed by atoms with Gasteiger partial charge in [-0.1, -0.05) is 20.3 Å². The van der Waals surface area contributed by atoms with Gasteiger partial charge in [0.1, 0.15) is 6.07 Å². The fourth-order valence-electron chi connectivity index (χ4n) is 4.58. The van der Waals surface area contributed by atoms with Gasteiger partial charge in [0.15, 0.2) is 0 Å². The summed E-state index contributed by atoms with van der Waals surface area (Å²) in [4.78, 5) is 6.75. The van der Waals surface area contributed by atoms with Gasteiger partial charge in [0.05, 0.1) is 4.90 Å². The predicted octanol–water partition coefficient (Wildman–Crippen LogP) is 3.87. The molecule has 7 nitrogen and oxygen atoms in total. The summed E-state index contributed by atoms with van der Waals surface area (Å²) in [6.45, 7) is 7.22. The third-order valence-electron chi connectivity index (χ3n) is 5.93. The van der Waals surface area contributed by atoms with E-state index in [-0.39, 0.29) is 10.6 Å². The van der Waals surface area contributed by atoms with Gasteiger partial charge in [-0.3, -0.25) is 0 Å². The lowest BCUT2D eigenvalue weighted by Crippen LogP contribution is -2.38. The number of benzene rings is 1. The van der Waals surface area contributed by atoms with Crippen LogP contribution in [0.4, 0.5) is 5.88 Å². The molecule has 160 valence electrons. The molecule has 2 fully saturated rings. The van der Waals surface area contributed by atoms with Crippen molar-refractivity contribution in [1.82, 2.24) is 9.29 Å². The zero-order valence-electron chi connectivity index (χ0n) is 17.5. The minimum Gasteiger partial charge on any atom is -0.419 e. The minimum absolute atomic E-state index is 0.274. The molecular formula is C22H28N4O3S. The van der Waals surface area contributed by atoms with Crippen molar-refractivity contribution in [3.8, 4) is 17.5 Å². The number of piperidine rings is 2. The first-order chi connectivity index (χ1) is 14.4. The molecule has 0 bridgehead atoms. The number of nitrogens with zero attached hydrogens (tertiary/aromatic N) is 4. The molecule has 0 saturated carbocycles. The maximum absolute atomic E-state index is 12.8. The Morgan fingerprint density at radius 3 is 2.30 bits per heavy atom. The number of sulfonamides is 1. The van der Waals surface area contributed by atoms with Gasteiger partial charge in [-0.2, -0.15) is 14.6 Å². The minimum atomic E-state index is -3.48. The fourth-order valence-corrected chi connectivity index (χ4v) is 6.09. The maximum Gasteiger partial charge on any atom is 0.243 e. The lowest BCUT2D eigenvalue weighted by atomic mass is 9.92. The van der Waals surface area contributed by atoms with Gasteiger partial charge in [-0.05, 0) is 55.4 Å². The van der Waals surface area contributed by atoms with Crippen LogP contribution >= 0.6 is 0 Å². The Morgan fingerprint density at radius 2 is 1.70 bits per heavy atom. The Bertz CT molecular complexity index is 1020. The molecule has 2 aromatic rings. The Balaban J connectivity index is 1.59. The van der Waals surface area contributed by atoms with Crippen LogP contribution < -0.4 is 4.90 Å². The number of hydrogen-bond acceptors (Lipinski definition) is 6. The van der Waals surface area contributed by atoms with Crippen molar-refractivity contribution in [2.45, 2.75) is 44.4 Å². The fraction of sp³-hybridized carbons (Fsp3) is 0.545. The first-order valence-corrected chi connectivity index (χ1v) is 12.1. The summed E-state index contributed by atoms with van der Waals surface area (Å²) in [6.07, 6.45) is 4.04. The Labute approximate surface area is 178 Å². The van der Waals surface area contributed by atoms with Crippen molar-refractivity contribution in [3.05, 3.63) is 30.0 Å². The summed E-state index contributed by atoms with van der Waals surface area (Å²) in [5.41, 5.74) is 0.935. The van der Waals surface area contributed by atoms with Gasteiger partial charge in [-0.25, -0.2) is 8.42 Å². The van der Waals surface area contributed by atoms with Crippen LogP contribution in [-0.4, -0.2) is 43.9 Å². The van der Waals surface area contributed by atoms with Gasteiger partial charge in [0.25, 0.3) is 0 Å². The van der Waals surface area contributed by atoms with Crippen LogP contribution in [0, 0.1) is 23.2 Å². The molecule has 1 aromatic heterocycles. The van der Waals surface area contributed by atoms with E-state index in [0.29, 0.717) is 42.3 Å². The van der Waals surface area contributed by atoms with Crippen LogP contribution in [0.25, 0.3) is 11.5 Å². The van der Waals surface area contributed by atoms with Crippen molar-refractivity contribution < 1.29 is 12.8 Å². The molecule has 2 atom stereocenters. The second-order valence-electron chi connectivity index (χ2n) is 8.62. The summed E-state index contributed by atoms with van der Waals surface area (Å²) in [6, 6.07) is 8.74. The van der Waals surface area contributed by atoms with Crippen molar-refractivity contribution >= 4 is 15.9 Å². The molecule has 1 aromatic carbocycles. The average molecular weight is 429 g/mol. The van der Waals surface area contributed by atoms with E-state index in [1.165, 1.54) is 0 Å². The lowest BCUT2D eigenvalue weighted by Gasteiger charge is -2.34. The van der Waals surface area contributed by atoms with E-state index in [1.54, 1.807) is 28.6 Å². The second-order valence-corrected chi connectivity index (χ2v) is 10.6. The molecule has 0 aliphatic carbocycles. The van der Waals surface area contributed by atoms with Gasteiger partial charge < -0.3 is 9.32 Å². The van der Waals surface area contributed by atoms with Crippen molar-refractivity contribution in [2.75, 3.05) is 31.1 Å². The molecule has 3 heterocycles. The lowest BCUT2D eigenvalue weighted by molar-refractivity contribution is 0.344. The molecule has 4 rings (SSSR count). The Hall–Kier alpha value is -2.37. The quantitative estimate of drug-likeness (QED) is 0.734.